The summed E-state index contributed by atoms with van der Waals surface area (Å²) in [6.45, 7) is 3.28. The Morgan fingerprint density at radius 1 is 1.23 bits per heavy atom. The fourth-order valence-electron chi connectivity index (χ4n) is 3.64. The number of benzene rings is 2. The standard InChI is InChI=1S/C22H24ClN5O2/c1-27(22(24)25)21(29)18-12-16-17(23)8-9-19(20(16)26-18)30-15-6-4-14(5-7-15)13-28-10-2-3-11-28/h4-9,12,26H,2-3,10-11,13H2,1H3,(H3,24,25). The second-order valence-corrected chi connectivity index (χ2v) is 7.90. The summed E-state index contributed by atoms with van der Waals surface area (Å²) >= 11 is 6.32. The number of hydrogen-bond acceptors (Lipinski definition) is 4. The molecule has 0 bridgehead atoms. The van der Waals surface area contributed by atoms with E-state index in [9.17, 15) is 4.79 Å². The molecule has 156 valence electrons. The zero-order valence-electron chi connectivity index (χ0n) is 16.7. The van der Waals surface area contributed by atoms with Crippen molar-refractivity contribution in [1.29, 1.82) is 5.41 Å². The lowest BCUT2D eigenvalue weighted by Crippen LogP contribution is -2.38. The molecule has 4 N–H and O–H groups in total. The Kier molecular flexibility index (Phi) is 5.65. The molecule has 0 radical (unpaired) electrons. The van der Waals surface area contributed by atoms with Crippen LogP contribution in [0.1, 0.15) is 28.9 Å². The van der Waals surface area contributed by atoms with E-state index in [4.69, 9.17) is 27.5 Å². The summed E-state index contributed by atoms with van der Waals surface area (Å²) in [7, 11) is 1.44. The van der Waals surface area contributed by atoms with Crippen LogP contribution in [0.3, 0.4) is 0 Å². The van der Waals surface area contributed by atoms with Gasteiger partial charge in [0.25, 0.3) is 5.91 Å². The molecule has 7 nitrogen and oxygen atoms in total. The Morgan fingerprint density at radius 2 is 1.93 bits per heavy atom. The number of rotatable bonds is 5. The lowest BCUT2D eigenvalue weighted by atomic mass is 10.2. The molecule has 0 spiro atoms. The van der Waals surface area contributed by atoms with Crippen LogP contribution in [0.15, 0.2) is 42.5 Å². The number of aromatic nitrogens is 1. The first-order valence-corrected chi connectivity index (χ1v) is 10.2. The number of carbonyl (C=O) groups excluding carboxylic acids is 1. The molecule has 1 aromatic heterocycles. The Bertz CT molecular complexity index is 1090. The molecule has 8 heteroatoms. The quantitative estimate of drug-likeness (QED) is 0.422. The minimum absolute atomic E-state index is 0.279. The third-order valence-corrected chi connectivity index (χ3v) is 5.68. The SMILES string of the molecule is CN(C(=N)N)C(=O)c1cc2c(Cl)ccc(Oc3ccc(CN4CCCC4)cc3)c2[nH]1. The van der Waals surface area contributed by atoms with Gasteiger partial charge in [-0.3, -0.25) is 20.0 Å². The van der Waals surface area contributed by atoms with Gasteiger partial charge in [0.05, 0.1) is 10.5 Å². The summed E-state index contributed by atoms with van der Waals surface area (Å²) < 4.78 is 6.08. The number of aromatic amines is 1. The Morgan fingerprint density at radius 3 is 2.60 bits per heavy atom. The number of fused-ring (bicyclic) bond motifs is 1. The van der Waals surface area contributed by atoms with Crippen molar-refractivity contribution in [3.8, 4) is 11.5 Å². The molecule has 1 fully saturated rings. The zero-order valence-corrected chi connectivity index (χ0v) is 17.5. The molecular formula is C22H24ClN5O2. The van der Waals surface area contributed by atoms with E-state index in [1.165, 1.54) is 25.5 Å². The van der Waals surface area contributed by atoms with E-state index in [1.54, 1.807) is 18.2 Å². The van der Waals surface area contributed by atoms with Crippen LogP contribution in [-0.2, 0) is 6.54 Å². The van der Waals surface area contributed by atoms with Crippen LogP contribution < -0.4 is 10.5 Å². The smallest absolute Gasteiger partial charge is 0.276 e. The molecule has 1 aliphatic heterocycles. The van der Waals surface area contributed by atoms with Crippen LogP contribution in [0, 0.1) is 5.41 Å². The fourth-order valence-corrected chi connectivity index (χ4v) is 3.85. The molecule has 0 aliphatic carbocycles. The van der Waals surface area contributed by atoms with Gasteiger partial charge in [-0.2, -0.15) is 0 Å². The molecule has 0 atom stereocenters. The highest BCUT2D eigenvalue weighted by atomic mass is 35.5. The highest BCUT2D eigenvalue weighted by molar-refractivity contribution is 6.35. The number of nitrogens with one attached hydrogen (secondary N) is 2. The number of nitrogens with two attached hydrogens (primary N) is 1. The monoisotopic (exact) mass is 425 g/mol. The van der Waals surface area contributed by atoms with Gasteiger partial charge in [0, 0.05) is 19.0 Å². The van der Waals surface area contributed by atoms with Gasteiger partial charge in [-0.1, -0.05) is 23.7 Å². The molecule has 4 rings (SSSR count). The van der Waals surface area contributed by atoms with Crippen LogP contribution in [0.4, 0.5) is 0 Å². The summed E-state index contributed by atoms with van der Waals surface area (Å²) in [5.74, 6) is 0.501. The Labute approximate surface area is 179 Å². The molecule has 1 saturated heterocycles. The van der Waals surface area contributed by atoms with E-state index in [-0.39, 0.29) is 11.7 Å². The van der Waals surface area contributed by atoms with Crippen molar-refractivity contribution in [1.82, 2.24) is 14.8 Å². The minimum Gasteiger partial charge on any atom is -0.455 e. The summed E-state index contributed by atoms with van der Waals surface area (Å²) in [6, 6.07) is 13.2. The third kappa shape index (κ3) is 4.13. The number of carbonyl (C=O) groups is 1. The minimum atomic E-state index is -0.424. The molecule has 1 amide bonds. The summed E-state index contributed by atoms with van der Waals surface area (Å²) in [5, 5.41) is 8.62. The normalized spacial score (nSPS) is 14.2. The van der Waals surface area contributed by atoms with E-state index in [2.05, 4.69) is 22.0 Å². The van der Waals surface area contributed by atoms with Crippen LogP contribution in [0.25, 0.3) is 10.9 Å². The number of nitrogens with zero attached hydrogens (tertiary/aromatic N) is 2. The first-order valence-electron chi connectivity index (χ1n) is 9.85. The molecule has 2 heterocycles. The highest BCUT2D eigenvalue weighted by Crippen LogP contribution is 2.34. The van der Waals surface area contributed by atoms with Crippen molar-refractivity contribution in [2.75, 3.05) is 20.1 Å². The molecule has 1 aliphatic rings. The number of guanidine groups is 1. The number of likely N-dealkylation sites (tertiary alicyclic amines) is 1. The van der Waals surface area contributed by atoms with E-state index in [0.717, 1.165) is 24.5 Å². The Hall–Kier alpha value is -3.03. The lowest BCUT2D eigenvalue weighted by Gasteiger charge is -2.15. The second-order valence-electron chi connectivity index (χ2n) is 7.50. The van der Waals surface area contributed by atoms with Crippen molar-refractivity contribution in [3.63, 3.8) is 0 Å². The fraction of sp³-hybridized carbons (Fsp3) is 0.273. The van der Waals surface area contributed by atoms with Crippen molar-refractivity contribution in [2.45, 2.75) is 19.4 Å². The maximum absolute atomic E-state index is 12.5. The lowest BCUT2D eigenvalue weighted by molar-refractivity contribution is 0.0864. The highest BCUT2D eigenvalue weighted by Gasteiger charge is 2.19. The molecular weight excluding hydrogens is 402 g/mol. The third-order valence-electron chi connectivity index (χ3n) is 5.35. The van der Waals surface area contributed by atoms with E-state index >= 15 is 0 Å². The van der Waals surface area contributed by atoms with Gasteiger partial charge in [-0.15, -0.1) is 0 Å². The van der Waals surface area contributed by atoms with Crippen molar-refractivity contribution < 1.29 is 9.53 Å². The van der Waals surface area contributed by atoms with Gasteiger partial charge >= 0.3 is 0 Å². The van der Waals surface area contributed by atoms with Gasteiger partial charge in [0.2, 0.25) is 0 Å². The average Bonchev–Trinajstić information content (AvgIpc) is 3.41. The first-order chi connectivity index (χ1) is 14.4. The molecule has 0 unspecified atom stereocenters. The van der Waals surface area contributed by atoms with Gasteiger partial charge in [-0.05, 0) is 61.8 Å². The Balaban J connectivity index is 1.57. The van der Waals surface area contributed by atoms with Gasteiger partial charge in [0.15, 0.2) is 11.7 Å². The number of amides is 1. The summed E-state index contributed by atoms with van der Waals surface area (Å²) in [6.07, 6.45) is 2.55. The summed E-state index contributed by atoms with van der Waals surface area (Å²) in [4.78, 5) is 19.1. The van der Waals surface area contributed by atoms with Crippen LogP contribution in [-0.4, -0.2) is 46.8 Å². The van der Waals surface area contributed by atoms with Crippen LogP contribution >= 0.6 is 11.6 Å². The van der Waals surface area contributed by atoms with Gasteiger partial charge < -0.3 is 15.5 Å². The molecule has 0 saturated carbocycles. The van der Waals surface area contributed by atoms with Gasteiger partial charge in [0.1, 0.15) is 11.4 Å². The van der Waals surface area contributed by atoms with Gasteiger partial charge in [-0.25, -0.2) is 0 Å². The van der Waals surface area contributed by atoms with Crippen molar-refractivity contribution in [2.24, 2.45) is 5.73 Å². The molecule has 2 aromatic carbocycles. The van der Waals surface area contributed by atoms with E-state index < -0.39 is 5.91 Å². The van der Waals surface area contributed by atoms with Crippen LogP contribution in [0.5, 0.6) is 11.5 Å². The second kappa shape index (κ2) is 8.38. The average molecular weight is 426 g/mol. The summed E-state index contributed by atoms with van der Waals surface area (Å²) in [5.41, 5.74) is 7.56. The maximum Gasteiger partial charge on any atom is 0.276 e. The van der Waals surface area contributed by atoms with Crippen LogP contribution in [0.2, 0.25) is 5.02 Å². The number of H-pyrrole nitrogens is 1. The first kappa shape index (κ1) is 20.3. The number of ether oxygens (including phenoxy) is 1. The largest absolute Gasteiger partial charge is 0.455 e. The van der Waals surface area contributed by atoms with E-state index in [0.29, 0.717) is 27.4 Å². The number of hydrogen-bond donors (Lipinski definition) is 3. The predicted octanol–water partition coefficient (Wildman–Crippen LogP) is 4.17. The van der Waals surface area contributed by atoms with Crippen molar-refractivity contribution in [3.05, 3.63) is 58.7 Å². The number of halogens is 1. The van der Waals surface area contributed by atoms with E-state index in [1.807, 2.05) is 12.1 Å². The molecule has 30 heavy (non-hydrogen) atoms. The predicted molar refractivity (Wildman–Crippen MR) is 118 cm³/mol. The maximum atomic E-state index is 12.5. The topological polar surface area (TPSA) is 98.4 Å². The zero-order chi connectivity index (χ0) is 21.3. The van der Waals surface area contributed by atoms with Crippen molar-refractivity contribution >= 4 is 34.4 Å². The molecule has 3 aromatic rings.